The first kappa shape index (κ1) is 18.5. The number of hydrogen-bond donors (Lipinski definition) is 1. The van der Waals surface area contributed by atoms with Crippen molar-refractivity contribution in [2.24, 2.45) is 0 Å². The Labute approximate surface area is 156 Å². The lowest BCUT2D eigenvalue weighted by molar-refractivity contribution is 0.238. The van der Waals surface area contributed by atoms with Crippen LogP contribution in [-0.2, 0) is 6.54 Å². The van der Waals surface area contributed by atoms with Crippen LogP contribution in [0.3, 0.4) is 0 Å². The molecular weight excluding hydrogens is 346 g/mol. The van der Waals surface area contributed by atoms with E-state index < -0.39 is 0 Å². The molecule has 7 nitrogen and oxygen atoms in total. The number of nitriles is 1. The third-order valence-electron chi connectivity index (χ3n) is 4.59. The van der Waals surface area contributed by atoms with Gasteiger partial charge in [0.25, 0.3) is 0 Å². The Bertz CT molecular complexity index is 1080. The largest absolute Gasteiger partial charge is 0.493 e. The highest BCUT2D eigenvalue weighted by Gasteiger charge is 2.18. The minimum Gasteiger partial charge on any atom is -0.493 e. The Hall–Kier alpha value is -3.24. The second kappa shape index (κ2) is 7.56. The minimum atomic E-state index is -0.375. The molecule has 0 saturated heterocycles. The van der Waals surface area contributed by atoms with Gasteiger partial charge in [-0.25, -0.2) is 4.79 Å². The summed E-state index contributed by atoms with van der Waals surface area (Å²) in [5, 5.41) is 18.8. The van der Waals surface area contributed by atoms with Crippen LogP contribution in [0.25, 0.3) is 11.0 Å². The van der Waals surface area contributed by atoms with Crippen molar-refractivity contribution in [2.45, 2.75) is 19.5 Å². The highest BCUT2D eigenvalue weighted by atomic mass is 16.5. The molecule has 3 rings (SSSR count). The molecule has 0 unspecified atom stereocenters. The fourth-order valence-electron chi connectivity index (χ4n) is 3.17. The number of aliphatic hydroxyl groups is 1. The molecule has 0 aliphatic heterocycles. The van der Waals surface area contributed by atoms with Gasteiger partial charge in [-0.05, 0) is 42.8 Å². The van der Waals surface area contributed by atoms with E-state index in [-0.39, 0.29) is 18.3 Å². The van der Waals surface area contributed by atoms with Crippen molar-refractivity contribution in [3.8, 4) is 17.6 Å². The third kappa shape index (κ3) is 3.27. The summed E-state index contributed by atoms with van der Waals surface area (Å²) in [4.78, 5) is 13.0. The van der Waals surface area contributed by atoms with Crippen molar-refractivity contribution in [2.75, 3.05) is 20.8 Å². The first-order valence-corrected chi connectivity index (χ1v) is 8.50. The van der Waals surface area contributed by atoms with Gasteiger partial charge < -0.3 is 14.6 Å². The van der Waals surface area contributed by atoms with E-state index in [0.29, 0.717) is 34.6 Å². The molecule has 1 aromatic heterocycles. The molecule has 27 heavy (non-hydrogen) atoms. The van der Waals surface area contributed by atoms with E-state index in [2.05, 4.69) is 6.07 Å². The zero-order valence-corrected chi connectivity index (χ0v) is 15.5. The second-order valence-electron chi connectivity index (χ2n) is 6.27. The molecule has 0 radical (unpaired) electrons. The van der Waals surface area contributed by atoms with Gasteiger partial charge >= 0.3 is 5.69 Å². The lowest BCUT2D eigenvalue weighted by Gasteiger charge is -2.10. The maximum Gasteiger partial charge on any atom is 0.329 e. The molecule has 2 aromatic carbocycles. The van der Waals surface area contributed by atoms with Crippen molar-refractivity contribution < 1.29 is 14.6 Å². The van der Waals surface area contributed by atoms with Gasteiger partial charge in [0.1, 0.15) is 0 Å². The molecule has 0 spiro atoms. The Morgan fingerprint density at radius 2 is 1.85 bits per heavy atom. The lowest BCUT2D eigenvalue weighted by atomic mass is 10.2. The van der Waals surface area contributed by atoms with Crippen LogP contribution in [0.1, 0.15) is 24.1 Å². The first-order valence-electron chi connectivity index (χ1n) is 8.50. The van der Waals surface area contributed by atoms with E-state index in [1.807, 2.05) is 12.1 Å². The summed E-state index contributed by atoms with van der Waals surface area (Å²) in [6.45, 7) is 1.92. The van der Waals surface area contributed by atoms with Gasteiger partial charge in [0.15, 0.2) is 11.5 Å². The molecule has 0 bridgehead atoms. The van der Waals surface area contributed by atoms with Crippen LogP contribution in [-0.4, -0.2) is 35.1 Å². The van der Waals surface area contributed by atoms with Gasteiger partial charge in [0.2, 0.25) is 0 Å². The molecular formula is C20H21N3O4. The first-order chi connectivity index (χ1) is 13.0. The molecule has 1 atom stereocenters. The van der Waals surface area contributed by atoms with Crippen LogP contribution in [0.2, 0.25) is 0 Å². The molecule has 1 heterocycles. The van der Waals surface area contributed by atoms with Crippen LogP contribution >= 0.6 is 0 Å². The van der Waals surface area contributed by atoms with E-state index in [1.54, 1.807) is 54.5 Å². The minimum absolute atomic E-state index is 0.157. The highest BCUT2D eigenvalue weighted by Crippen LogP contribution is 2.28. The fourth-order valence-corrected chi connectivity index (χ4v) is 3.17. The maximum atomic E-state index is 13.0. The van der Waals surface area contributed by atoms with Crippen molar-refractivity contribution in [1.82, 2.24) is 9.13 Å². The summed E-state index contributed by atoms with van der Waals surface area (Å²) in [6.07, 6.45) is 0. The fraction of sp³-hybridized carbons (Fsp3) is 0.300. The van der Waals surface area contributed by atoms with Crippen molar-refractivity contribution in [1.29, 1.82) is 5.26 Å². The SMILES string of the molecule is COc1ccc(Cn2c(=O)n([C@@H](C)CO)c3ccc(C#N)cc32)cc1OC. The van der Waals surface area contributed by atoms with Crippen molar-refractivity contribution >= 4 is 11.0 Å². The average molecular weight is 367 g/mol. The van der Waals surface area contributed by atoms with Gasteiger partial charge in [-0.1, -0.05) is 6.07 Å². The molecule has 1 N–H and O–H groups in total. The van der Waals surface area contributed by atoms with Gasteiger partial charge in [0, 0.05) is 0 Å². The lowest BCUT2D eigenvalue weighted by Crippen LogP contribution is -2.28. The zero-order chi connectivity index (χ0) is 19.6. The van der Waals surface area contributed by atoms with E-state index in [1.165, 1.54) is 0 Å². The summed E-state index contributed by atoms with van der Waals surface area (Å²) in [6, 6.07) is 12.3. The Balaban J connectivity index is 2.18. The molecule has 0 fully saturated rings. The van der Waals surface area contributed by atoms with Gasteiger partial charge in [-0.3, -0.25) is 9.13 Å². The Morgan fingerprint density at radius 3 is 2.48 bits per heavy atom. The molecule has 0 aliphatic carbocycles. The number of benzene rings is 2. The molecule has 7 heteroatoms. The van der Waals surface area contributed by atoms with E-state index in [9.17, 15) is 15.2 Å². The topological polar surface area (TPSA) is 89.4 Å². The summed E-state index contributed by atoms with van der Waals surface area (Å²) >= 11 is 0. The summed E-state index contributed by atoms with van der Waals surface area (Å²) in [5.74, 6) is 1.19. The molecule has 0 saturated carbocycles. The Morgan fingerprint density at radius 1 is 1.11 bits per heavy atom. The van der Waals surface area contributed by atoms with E-state index in [0.717, 1.165) is 5.56 Å². The standard InChI is InChI=1S/C20H21N3O4/c1-13(12-24)23-16-6-4-14(10-21)8-17(16)22(20(23)25)11-15-5-7-18(26-2)19(9-15)27-3/h4-9,13,24H,11-12H2,1-3H3/t13-/m0/s1. The smallest absolute Gasteiger partial charge is 0.329 e. The third-order valence-corrected chi connectivity index (χ3v) is 4.59. The second-order valence-corrected chi connectivity index (χ2v) is 6.27. The summed E-state index contributed by atoms with van der Waals surface area (Å²) in [5.41, 5.74) is 2.41. The monoisotopic (exact) mass is 367 g/mol. The number of imidazole rings is 1. The molecule has 140 valence electrons. The average Bonchev–Trinajstić information content (AvgIpc) is 2.98. The predicted octanol–water partition coefficient (Wildman–Crippen LogP) is 2.29. The van der Waals surface area contributed by atoms with Crippen LogP contribution < -0.4 is 15.2 Å². The molecule has 3 aromatic rings. The zero-order valence-electron chi connectivity index (χ0n) is 15.5. The normalized spacial score (nSPS) is 12.0. The number of hydrogen-bond acceptors (Lipinski definition) is 5. The number of ether oxygens (including phenoxy) is 2. The highest BCUT2D eigenvalue weighted by molar-refractivity contribution is 5.78. The summed E-state index contributed by atoms with van der Waals surface area (Å²) < 4.78 is 13.7. The van der Waals surface area contributed by atoms with Crippen LogP contribution in [0.4, 0.5) is 0 Å². The quantitative estimate of drug-likeness (QED) is 0.722. The maximum absolute atomic E-state index is 13.0. The van der Waals surface area contributed by atoms with Crippen molar-refractivity contribution in [3.05, 3.63) is 58.0 Å². The number of fused-ring (bicyclic) bond motifs is 1. The molecule has 0 amide bonds. The van der Waals surface area contributed by atoms with E-state index in [4.69, 9.17) is 9.47 Å². The molecule has 0 aliphatic rings. The van der Waals surface area contributed by atoms with Gasteiger partial charge in [-0.15, -0.1) is 0 Å². The van der Waals surface area contributed by atoms with E-state index >= 15 is 0 Å². The number of nitrogens with zero attached hydrogens (tertiary/aromatic N) is 3. The number of aliphatic hydroxyl groups excluding tert-OH is 1. The van der Waals surface area contributed by atoms with Crippen LogP contribution in [0, 0.1) is 11.3 Å². The number of methoxy groups -OCH3 is 2. The van der Waals surface area contributed by atoms with Gasteiger partial charge in [0.05, 0.1) is 56.1 Å². The van der Waals surface area contributed by atoms with Crippen LogP contribution in [0.5, 0.6) is 11.5 Å². The number of aromatic nitrogens is 2. The number of rotatable bonds is 6. The van der Waals surface area contributed by atoms with Crippen molar-refractivity contribution in [3.63, 3.8) is 0 Å². The Kier molecular flexibility index (Phi) is 5.19. The summed E-state index contributed by atoms with van der Waals surface area (Å²) in [7, 11) is 3.12. The van der Waals surface area contributed by atoms with Gasteiger partial charge in [-0.2, -0.15) is 5.26 Å². The predicted molar refractivity (Wildman–Crippen MR) is 101 cm³/mol. The van der Waals surface area contributed by atoms with Crippen LogP contribution in [0.15, 0.2) is 41.2 Å².